The largest absolute Gasteiger partial charge is 0.475 e. The van der Waals surface area contributed by atoms with Crippen LogP contribution in [0.3, 0.4) is 0 Å². The molecule has 45 heavy (non-hydrogen) atoms. The molecule has 0 bridgehead atoms. The third-order valence-electron chi connectivity index (χ3n) is 9.00. The van der Waals surface area contributed by atoms with Gasteiger partial charge in [0, 0.05) is 18.0 Å². The molecule has 0 spiro atoms. The van der Waals surface area contributed by atoms with Gasteiger partial charge in [0.2, 0.25) is 5.90 Å². The number of aliphatic imine (C=N–C) groups is 1. The molecule has 1 aliphatic rings. The lowest BCUT2D eigenvalue weighted by Gasteiger charge is -2.19. The maximum Gasteiger partial charge on any atom is 0.217 e. The van der Waals surface area contributed by atoms with Crippen LogP contribution in [0.2, 0.25) is 0 Å². The predicted molar refractivity (Wildman–Crippen MR) is 188 cm³/mol. The first kappa shape index (κ1) is 25.7. The second kappa shape index (κ2) is 10.4. The Hall–Kier alpha value is -5.80. The number of aromatic nitrogens is 1. The Bertz CT molecular complexity index is 2480. The van der Waals surface area contributed by atoms with E-state index in [0.717, 1.165) is 16.7 Å². The van der Waals surface area contributed by atoms with E-state index in [1.54, 1.807) is 0 Å². The molecule has 7 aromatic carbocycles. The fourth-order valence-corrected chi connectivity index (χ4v) is 6.89. The van der Waals surface area contributed by atoms with E-state index in [1.165, 1.54) is 65.3 Å². The molecule has 8 aromatic rings. The lowest BCUT2D eigenvalue weighted by atomic mass is 9.84. The van der Waals surface area contributed by atoms with Gasteiger partial charge in [0.25, 0.3) is 0 Å². The van der Waals surface area contributed by atoms with Crippen LogP contribution in [0.1, 0.15) is 5.56 Å². The van der Waals surface area contributed by atoms with Crippen LogP contribution in [0.5, 0.6) is 0 Å². The Morgan fingerprint density at radius 2 is 0.978 bits per heavy atom. The van der Waals surface area contributed by atoms with Gasteiger partial charge in [0.05, 0.1) is 12.1 Å². The van der Waals surface area contributed by atoms with E-state index >= 15 is 0 Å². The second-order valence-corrected chi connectivity index (χ2v) is 11.7. The van der Waals surface area contributed by atoms with Crippen molar-refractivity contribution >= 4 is 49.0 Å². The Labute approximate surface area is 261 Å². The third-order valence-corrected chi connectivity index (χ3v) is 9.00. The Balaban J connectivity index is 1.36. The first-order valence-corrected chi connectivity index (χ1v) is 15.4. The number of ether oxygens (including phenoxy) is 1. The smallest absolute Gasteiger partial charge is 0.217 e. The summed E-state index contributed by atoms with van der Waals surface area (Å²) in [5, 5.41) is 9.88. The molecule has 1 aliphatic heterocycles. The molecule has 0 N–H and O–H groups in total. The number of pyridine rings is 1. The first-order valence-electron chi connectivity index (χ1n) is 15.4. The van der Waals surface area contributed by atoms with Crippen LogP contribution in [0.4, 0.5) is 0 Å². The number of nitrogens with zero attached hydrogens (tertiary/aromatic N) is 2. The summed E-state index contributed by atoms with van der Waals surface area (Å²) in [6.07, 6.45) is 3.77. The predicted octanol–water partition coefficient (Wildman–Crippen LogP) is 10.5. The number of hydrogen-bond donors (Lipinski definition) is 0. The van der Waals surface area contributed by atoms with Crippen LogP contribution in [0.25, 0.3) is 76.5 Å². The van der Waals surface area contributed by atoms with Crippen LogP contribution in [0.15, 0.2) is 151 Å². The average molecular weight is 577 g/mol. The van der Waals surface area contributed by atoms with Crippen molar-refractivity contribution in [3.63, 3.8) is 0 Å². The van der Waals surface area contributed by atoms with E-state index in [2.05, 4.69) is 143 Å². The van der Waals surface area contributed by atoms with Crippen LogP contribution >= 0.6 is 0 Å². The zero-order valence-corrected chi connectivity index (χ0v) is 24.6. The molecule has 0 atom stereocenters. The summed E-state index contributed by atoms with van der Waals surface area (Å²) in [6.45, 7) is 1.31. The van der Waals surface area contributed by atoms with Gasteiger partial charge in [-0.3, -0.25) is 4.98 Å². The minimum absolute atomic E-state index is 0.620. The normalized spacial score (nSPS) is 13.0. The highest BCUT2D eigenvalue weighted by Crippen LogP contribution is 2.45. The molecule has 0 unspecified atom stereocenters. The van der Waals surface area contributed by atoms with E-state index in [0.29, 0.717) is 19.0 Å². The minimum atomic E-state index is 0.620. The molecule has 0 fully saturated rings. The van der Waals surface area contributed by atoms with Crippen molar-refractivity contribution in [2.24, 2.45) is 4.99 Å². The fourth-order valence-electron chi connectivity index (χ4n) is 6.89. The van der Waals surface area contributed by atoms with Gasteiger partial charge in [0.15, 0.2) is 0 Å². The zero-order valence-electron chi connectivity index (χ0n) is 24.6. The Morgan fingerprint density at radius 3 is 1.62 bits per heavy atom. The van der Waals surface area contributed by atoms with Crippen molar-refractivity contribution < 1.29 is 4.74 Å². The van der Waals surface area contributed by atoms with E-state index in [4.69, 9.17) is 4.74 Å². The second-order valence-electron chi connectivity index (χ2n) is 11.7. The van der Waals surface area contributed by atoms with Gasteiger partial charge >= 0.3 is 0 Å². The van der Waals surface area contributed by atoms with Crippen LogP contribution in [-0.2, 0) is 4.74 Å². The lowest BCUT2D eigenvalue weighted by molar-refractivity contribution is 0.348. The van der Waals surface area contributed by atoms with Crippen molar-refractivity contribution in [3.05, 3.63) is 151 Å². The van der Waals surface area contributed by atoms with Crippen molar-refractivity contribution in [2.75, 3.05) is 13.2 Å². The highest BCUT2D eigenvalue weighted by atomic mass is 16.5. The van der Waals surface area contributed by atoms with Gasteiger partial charge in [-0.1, -0.05) is 109 Å². The number of benzene rings is 7. The molecular formula is C42H28N2O. The van der Waals surface area contributed by atoms with E-state index in [1.807, 2.05) is 12.4 Å². The maximum atomic E-state index is 5.77. The SMILES string of the molecule is c1ccc2cc(-c3c4ccccc4c(-c4ccc5ccccc5c4)c4cc(-c5cncc(C6=NCCO6)c5)ccc34)ccc2c1. The van der Waals surface area contributed by atoms with Crippen LogP contribution < -0.4 is 0 Å². The summed E-state index contributed by atoms with van der Waals surface area (Å²) in [4.78, 5) is 9.11. The summed E-state index contributed by atoms with van der Waals surface area (Å²) in [7, 11) is 0. The standard InChI is InChI=1S/C42H28N2O/c1-3-9-29-21-32(15-13-27(29)7-1)40-36-11-5-6-12-37(36)41(33-16-14-28-8-2-4-10-30(28)22-33)39-24-31(17-18-38(39)40)34-23-35(26-43-25-34)42-44-19-20-45-42/h1-18,21-26H,19-20H2. The van der Waals surface area contributed by atoms with Gasteiger partial charge in [-0.25, -0.2) is 4.99 Å². The van der Waals surface area contributed by atoms with Gasteiger partial charge in [-0.15, -0.1) is 0 Å². The lowest BCUT2D eigenvalue weighted by Crippen LogP contribution is -2.01. The average Bonchev–Trinajstić information content (AvgIpc) is 3.65. The van der Waals surface area contributed by atoms with Gasteiger partial charge in [-0.2, -0.15) is 0 Å². The zero-order chi connectivity index (χ0) is 29.7. The van der Waals surface area contributed by atoms with E-state index in [9.17, 15) is 0 Å². The molecular weight excluding hydrogens is 548 g/mol. The maximum absolute atomic E-state index is 5.77. The molecule has 9 rings (SSSR count). The Morgan fingerprint density at radius 1 is 0.422 bits per heavy atom. The topological polar surface area (TPSA) is 34.5 Å². The molecule has 3 nitrogen and oxygen atoms in total. The van der Waals surface area contributed by atoms with Gasteiger partial charge in [0.1, 0.15) is 6.61 Å². The fraction of sp³-hybridized carbons (Fsp3) is 0.0476. The number of rotatable bonds is 4. The van der Waals surface area contributed by atoms with Gasteiger partial charge < -0.3 is 4.74 Å². The third kappa shape index (κ3) is 4.36. The van der Waals surface area contributed by atoms with Crippen molar-refractivity contribution in [2.45, 2.75) is 0 Å². The van der Waals surface area contributed by atoms with Crippen LogP contribution in [0, 0.1) is 0 Å². The molecule has 0 radical (unpaired) electrons. The number of fused-ring (bicyclic) bond motifs is 4. The minimum Gasteiger partial charge on any atom is -0.475 e. The summed E-state index contributed by atoms with van der Waals surface area (Å²) in [5.41, 5.74) is 7.98. The molecule has 212 valence electrons. The quantitative estimate of drug-likeness (QED) is 0.195. The molecule has 2 heterocycles. The Kier molecular flexibility index (Phi) is 5.95. The molecule has 0 amide bonds. The molecule has 0 aliphatic carbocycles. The molecule has 3 heteroatoms. The first-order chi connectivity index (χ1) is 22.3. The summed E-state index contributed by atoms with van der Waals surface area (Å²) >= 11 is 0. The summed E-state index contributed by atoms with van der Waals surface area (Å²) in [5.74, 6) is 0.673. The monoisotopic (exact) mass is 576 g/mol. The van der Waals surface area contributed by atoms with Crippen molar-refractivity contribution in [3.8, 4) is 33.4 Å². The summed E-state index contributed by atoms with van der Waals surface area (Å²) in [6, 6.07) is 48.7. The summed E-state index contributed by atoms with van der Waals surface area (Å²) < 4.78 is 5.77. The number of hydrogen-bond acceptors (Lipinski definition) is 3. The van der Waals surface area contributed by atoms with Gasteiger partial charge in [-0.05, 0) is 95.2 Å². The van der Waals surface area contributed by atoms with E-state index in [-0.39, 0.29) is 0 Å². The van der Waals surface area contributed by atoms with Crippen molar-refractivity contribution in [1.29, 1.82) is 0 Å². The highest BCUT2D eigenvalue weighted by molar-refractivity contribution is 6.22. The molecule has 1 aromatic heterocycles. The highest BCUT2D eigenvalue weighted by Gasteiger charge is 2.19. The molecule has 0 saturated heterocycles. The van der Waals surface area contributed by atoms with Crippen LogP contribution in [-0.4, -0.2) is 24.0 Å². The van der Waals surface area contributed by atoms with Crippen molar-refractivity contribution in [1.82, 2.24) is 4.98 Å². The van der Waals surface area contributed by atoms with E-state index < -0.39 is 0 Å². The molecule has 0 saturated carbocycles.